The Labute approximate surface area is 116 Å². The van der Waals surface area contributed by atoms with Gasteiger partial charge in [-0.3, -0.25) is 0 Å². The summed E-state index contributed by atoms with van der Waals surface area (Å²) in [5.41, 5.74) is 1.29. The van der Waals surface area contributed by atoms with E-state index in [9.17, 15) is 0 Å². The quantitative estimate of drug-likeness (QED) is 0.821. The van der Waals surface area contributed by atoms with Gasteiger partial charge in [0, 0.05) is 13.1 Å². The third-order valence-corrected chi connectivity index (χ3v) is 4.80. The number of benzene rings is 1. The highest BCUT2D eigenvalue weighted by atomic mass is 16.5. The monoisotopic (exact) mass is 259 g/mol. The van der Waals surface area contributed by atoms with E-state index in [1.807, 2.05) is 0 Å². The fourth-order valence-electron chi connectivity index (χ4n) is 3.78. The number of hydrogen-bond acceptors (Lipinski definition) is 2. The molecule has 2 aliphatic rings. The Morgan fingerprint density at radius 1 is 1.00 bits per heavy atom. The molecule has 19 heavy (non-hydrogen) atoms. The van der Waals surface area contributed by atoms with Crippen LogP contribution in [0.5, 0.6) is 0 Å². The molecule has 2 nitrogen and oxygen atoms in total. The number of ether oxygens (including phenoxy) is 1. The SMILES string of the molecule is c1ccc(C2(C3CCCCCC3)CNCCO2)cc1. The van der Waals surface area contributed by atoms with Crippen LogP contribution in [0.4, 0.5) is 0 Å². The zero-order valence-electron chi connectivity index (χ0n) is 11.7. The Hall–Kier alpha value is -0.860. The zero-order chi connectivity index (χ0) is 13.0. The van der Waals surface area contributed by atoms with Crippen LogP contribution in [0.3, 0.4) is 0 Å². The predicted octanol–water partition coefficient (Wildman–Crippen LogP) is 3.47. The van der Waals surface area contributed by atoms with Gasteiger partial charge in [0.2, 0.25) is 0 Å². The molecule has 1 aromatic rings. The van der Waals surface area contributed by atoms with Crippen LogP contribution in [0.2, 0.25) is 0 Å². The van der Waals surface area contributed by atoms with E-state index in [0.717, 1.165) is 19.7 Å². The van der Waals surface area contributed by atoms with Gasteiger partial charge < -0.3 is 10.1 Å². The highest BCUT2D eigenvalue weighted by molar-refractivity contribution is 5.25. The van der Waals surface area contributed by atoms with Crippen LogP contribution in [0.15, 0.2) is 30.3 Å². The molecular formula is C17H25NO. The van der Waals surface area contributed by atoms with Gasteiger partial charge >= 0.3 is 0 Å². The van der Waals surface area contributed by atoms with Gasteiger partial charge in [0.15, 0.2) is 0 Å². The van der Waals surface area contributed by atoms with Crippen LogP contribution in [0.25, 0.3) is 0 Å². The smallest absolute Gasteiger partial charge is 0.108 e. The minimum Gasteiger partial charge on any atom is -0.367 e. The van der Waals surface area contributed by atoms with Crippen LogP contribution in [-0.2, 0) is 10.3 Å². The topological polar surface area (TPSA) is 21.3 Å². The van der Waals surface area contributed by atoms with Crippen LogP contribution in [-0.4, -0.2) is 19.7 Å². The van der Waals surface area contributed by atoms with Crippen LogP contribution in [0.1, 0.15) is 44.1 Å². The molecule has 2 fully saturated rings. The van der Waals surface area contributed by atoms with Crippen molar-refractivity contribution in [3.05, 3.63) is 35.9 Å². The van der Waals surface area contributed by atoms with Crippen molar-refractivity contribution >= 4 is 0 Å². The van der Waals surface area contributed by atoms with Gasteiger partial charge in [-0.25, -0.2) is 0 Å². The molecule has 1 aliphatic carbocycles. The number of hydrogen-bond donors (Lipinski definition) is 1. The lowest BCUT2D eigenvalue weighted by atomic mass is 9.76. The minimum absolute atomic E-state index is 0.0795. The lowest BCUT2D eigenvalue weighted by molar-refractivity contribution is -0.115. The molecule has 0 aromatic heterocycles. The van der Waals surface area contributed by atoms with E-state index in [1.54, 1.807) is 0 Å². The van der Waals surface area contributed by atoms with Crippen molar-refractivity contribution in [2.45, 2.75) is 44.1 Å². The lowest BCUT2D eigenvalue weighted by Gasteiger charge is -2.44. The van der Waals surface area contributed by atoms with Crippen molar-refractivity contribution < 1.29 is 4.74 Å². The average molecular weight is 259 g/mol. The molecule has 3 rings (SSSR count). The second-order valence-electron chi connectivity index (χ2n) is 5.97. The first kappa shape index (κ1) is 13.1. The van der Waals surface area contributed by atoms with Crippen molar-refractivity contribution in [3.63, 3.8) is 0 Å². The molecule has 1 aromatic carbocycles. The summed E-state index contributed by atoms with van der Waals surface area (Å²) in [6.07, 6.45) is 8.15. The van der Waals surface area contributed by atoms with E-state index in [2.05, 4.69) is 35.6 Å². The van der Waals surface area contributed by atoms with Crippen molar-refractivity contribution in [2.75, 3.05) is 19.7 Å². The Balaban J connectivity index is 1.91. The second kappa shape index (κ2) is 6.06. The number of morpholine rings is 1. The first-order valence-corrected chi connectivity index (χ1v) is 7.82. The average Bonchev–Trinajstić information content (AvgIpc) is 2.78. The molecule has 1 N–H and O–H groups in total. The standard InChI is InChI=1S/C17H25NO/c1-2-5-9-15(8-4-1)17(14-18-12-13-19-17)16-10-6-3-7-11-16/h3,6-7,10-11,15,18H,1-2,4-5,8-9,12-14H2. The maximum atomic E-state index is 6.38. The highest BCUT2D eigenvalue weighted by Gasteiger charge is 2.42. The summed E-state index contributed by atoms with van der Waals surface area (Å²) in [6.45, 7) is 2.80. The normalized spacial score (nSPS) is 29.9. The minimum atomic E-state index is -0.0795. The van der Waals surface area contributed by atoms with Gasteiger partial charge in [-0.2, -0.15) is 0 Å². The Morgan fingerprint density at radius 2 is 1.74 bits per heavy atom. The van der Waals surface area contributed by atoms with Gasteiger partial charge in [-0.15, -0.1) is 0 Å². The molecule has 0 amide bonds. The first-order valence-electron chi connectivity index (χ1n) is 7.82. The van der Waals surface area contributed by atoms with Crippen LogP contribution >= 0.6 is 0 Å². The van der Waals surface area contributed by atoms with Crippen molar-refractivity contribution in [2.24, 2.45) is 5.92 Å². The summed E-state index contributed by atoms with van der Waals surface area (Å²) in [5, 5.41) is 3.57. The van der Waals surface area contributed by atoms with Crippen molar-refractivity contribution in [1.29, 1.82) is 0 Å². The largest absolute Gasteiger partial charge is 0.367 e. The van der Waals surface area contributed by atoms with E-state index in [0.29, 0.717) is 5.92 Å². The summed E-state index contributed by atoms with van der Waals surface area (Å²) in [5.74, 6) is 0.671. The molecule has 1 unspecified atom stereocenters. The third kappa shape index (κ3) is 2.70. The third-order valence-electron chi connectivity index (χ3n) is 4.80. The van der Waals surface area contributed by atoms with Gasteiger partial charge in [0.05, 0.1) is 6.61 Å². The Kier molecular flexibility index (Phi) is 4.19. The molecule has 0 radical (unpaired) electrons. The van der Waals surface area contributed by atoms with Gasteiger partial charge in [-0.1, -0.05) is 56.0 Å². The van der Waals surface area contributed by atoms with Crippen LogP contribution < -0.4 is 5.32 Å². The Morgan fingerprint density at radius 3 is 2.37 bits per heavy atom. The van der Waals surface area contributed by atoms with Crippen LogP contribution in [0, 0.1) is 5.92 Å². The summed E-state index contributed by atoms with van der Waals surface area (Å²) in [4.78, 5) is 0. The molecule has 1 saturated heterocycles. The molecule has 1 heterocycles. The van der Waals surface area contributed by atoms with Gasteiger partial charge in [-0.05, 0) is 24.3 Å². The fourth-order valence-corrected chi connectivity index (χ4v) is 3.78. The van der Waals surface area contributed by atoms with Gasteiger partial charge in [0.1, 0.15) is 5.60 Å². The molecule has 0 bridgehead atoms. The summed E-state index contributed by atoms with van der Waals surface area (Å²) in [7, 11) is 0. The Bertz CT molecular complexity index is 376. The number of nitrogens with one attached hydrogen (secondary N) is 1. The van der Waals surface area contributed by atoms with E-state index in [-0.39, 0.29) is 5.60 Å². The van der Waals surface area contributed by atoms with E-state index >= 15 is 0 Å². The molecule has 1 aliphatic heterocycles. The number of rotatable bonds is 2. The molecule has 1 saturated carbocycles. The zero-order valence-corrected chi connectivity index (χ0v) is 11.7. The van der Waals surface area contributed by atoms with E-state index < -0.39 is 0 Å². The molecular weight excluding hydrogens is 234 g/mol. The highest BCUT2D eigenvalue weighted by Crippen LogP contribution is 2.42. The van der Waals surface area contributed by atoms with E-state index in [1.165, 1.54) is 44.1 Å². The fraction of sp³-hybridized carbons (Fsp3) is 0.647. The molecule has 1 atom stereocenters. The maximum absolute atomic E-state index is 6.38. The molecule has 104 valence electrons. The first-order chi connectivity index (χ1) is 9.42. The summed E-state index contributed by atoms with van der Waals surface area (Å²) < 4.78 is 6.38. The molecule has 2 heteroatoms. The summed E-state index contributed by atoms with van der Waals surface area (Å²) in [6, 6.07) is 10.9. The van der Waals surface area contributed by atoms with Crippen molar-refractivity contribution in [1.82, 2.24) is 5.32 Å². The maximum Gasteiger partial charge on any atom is 0.108 e. The lowest BCUT2D eigenvalue weighted by Crippen LogP contribution is -2.52. The van der Waals surface area contributed by atoms with Gasteiger partial charge in [0.25, 0.3) is 0 Å². The molecule has 0 spiro atoms. The van der Waals surface area contributed by atoms with Crippen molar-refractivity contribution in [3.8, 4) is 0 Å². The van der Waals surface area contributed by atoms with E-state index in [4.69, 9.17) is 4.74 Å². The second-order valence-corrected chi connectivity index (χ2v) is 5.97. The predicted molar refractivity (Wildman–Crippen MR) is 78.1 cm³/mol. The summed E-state index contributed by atoms with van der Waals surface area (Å²) >= 11 is 0.